The van der Waals surface area contributed by atoms with E-state index >= 15 is 0 Å². The van der Waals surface area contributed by atoms with Crippen LogP contribution < -0.4 is 0 Å². The first kappa shape index (κ1) is 13.4. The zero-order chi connectivity index (χ0) is 14.5. The van der Waals surface area contributed by atoms with Crippen LogP contribution in [0.1, 0.15) is 55.0 Å². The van der Waals surface area contributed by atoms with Gasteiger partial charge in [0, 0.05) is 5.41 Å². The van der Waals surface area contributed by atoms with E-state index in [1.807, 2.05) is 0 Å². The normalized spacial score (nSPS) is 23.6. The highest BCUT2D eigenvalue weighted by Gasteiger charge is 2.45. The zero-order valence-electron chi connectivity index (χ0n) is 13.2. The van der Waals surface area contributed by atoms with Crippen molar-refractivity contribution in [2.75, 3.05) is 0 Å². The Labute approximate surface area is 122 Å². The molecule has 2 aromatic carbocycles. The van der Waals surface area contributed by atoms with Crippen LogP contribution in [-0.4, -0.2) is 0 Å². The van der Waals surface area contributed by atoms with Crippen molar-refractivity contribution in [3.05, 3.63) is 70.3 Å². The van der Waals surface area contributed by atoms with Gasteiger partial charge in [0.1, 0.15) is 0 Å². The fourth-order valence-electron chi connectivity index (χ4n) is 4.02. The lowest BCUT2D eigenvalue weighted by molar-refractivity contribution is 0.425. The van der Waals surface area contributed by atoms with Gasteiger partial charge in [-0.3, -0.25) is 0 Å². The molecule has 0 bridgehead atoms. The van der Waals surface area contributed by atoms with Crippen molar-refractivity contribution in [2.45, 2.75) is 51.9 Å². The molecular weight excluding hydrogens is 240 g/mol. The van der Waals surface area contributed by atoms with Crippen LogP contribution in [0.4, 0.5) is 0 Å². The summed E-state index contributed by atoms with van der Waals surface area (Å²) in [6, 6.07) is 16.0. The van der Waals surface area contributed by atoms with E-state index in [-0.39, 0.29) is 10.8 Å². The summed E-state index contributed by atoms with van der Waals surface area (Å²) in [5.41, 5.74) is 7.60. The van der Waals surface area contributed by atoms with Gasteiger partial charge in [-0.05, 0) is 42.4 Å². The standard InChI is InChI=1S/C20H24/c1-14-7-6-8-16(11-14)20(5)13-19(3,4)18-12-15(2)9-10-17(18)20/h6-12H,13H2,1-5H3. The molecule has 0 fully saturated rings. The molecule has 1 aliphatic rings. The van der Waals surface area contributed by atoms with Crippen molar-refractivity contribution in [1.82, 2.24) is 0 Å². The van der Waals surface area contributed by atoms with Gasteiger partial charge in [0.05, 0.1) is 0 Å². The quantitative estimate of drug-likeness (QED) is 0.656. The van der Waals surface area contributed by atoms with Gasteiger partial charge in [0.2, 0.25) is 0 Å². The molecule has 0 aromatic heterocycles. The monoisotopic (exact) mass is 264 g/mol. The molecule has 0 saturated carbocycles. The summed E-state index contributed by atoms with van der Waals surface area (Å²) < 4.78 is 0. The lowest BCUT2D eigenvalue weighted by Gasteiger charge is -2.28. The topological polar surface area (TPSA) is 0 Å². The van der Waals surface area contributed by atoms with Crippen molar-refractivity contribution < 1.29 is 0 Å². The van der Waals surface area contributed by atoms with Gasteiger partial charge < -0.3 is 0 Å². The molecule has 1 aliphatic carbocycles. The minimum Gasteiger partial charge on any atom is -0.0617 e. The van der Waals surface area contributed by atoms with Crippen LogP contribution in [-0.2, 0) is 10.8 Å². The first-order valence-electron chi connectivity index (χ1n) is 7.52. The van der Waals surface area contributed by atoms with Crippen LogP contribution in [0.15, 0.2) is 42.5 Å². The van der Waals surface area contributed by atoms with Crippen molar-refractivity contribution in [3.8, 4) is 0 Å². The summed E-state index contributed by atoms with van der Waals surface area (Å²) in [6.45, 7) is 11.5. The number of aryl methyl sites for hydroxylation is 2. The van der Waals surface area contributed by atoms with E-state index in [9.17, 15) is 0 Å². The molecule has 0 spiro atoms. The van der Waals surface area contributed by atoms with E-state index in [0.29, 0.717) is 0 Å². The Morgan fingerprint density at radius 3 is 2.20 bits per heavy atom. The Morgan fingerprint density at radius 1 is 0.800 bits per heavy atom. The molecule has 1 atom stereocenters. The Hall–Kier alpha value is -1.56. The third-order valence-electron chi connectivity index (χ3n) is 4.95. The third-order valence-corrected chi connectivity index (χ3v) is 4.95. The molecule has 0 amide bonds. The predicted octanol–water partition coefficient (Wildman–Crippen LogP) is 5.29. The van der Waals surface area contributed by atoms with Crippen molar-refractivity contribution in [2.24, 2.45) is 0 Å². The Morgan fingerprint density at radius 2 is 1.50 bits per heavy atom. The molecule has 0 aliphatic heterocycles. The van der Waals surface area contributed by atoms with E-state index in [2.05, 4.69) is 77.1 Å². The second kappa shape index (κ2) is 4.22. The average molecular weight is 264 g/mol. The zero-order valence-corrected chi connectivity index (χ0v) is 13.2. The van der Waals surface area contributed by atoms with E-state index in [1.54, 1.807) is 0 Å². The maximum atomic E-state index is 2.41. The molecule has 20 heavy (non-hydrogen) atoms. The molecular formula is C20H24. The van der Waals surface area contributed by atoms with Gasteiger partial charge >= 0.3 is 0 Å². The lowest BCUT2D eigenvalue weighted by atomic mass is 9.75. The number of rotatable bonds is 1. The van der Waals surface area contributed by atoms with Crippen molar-refractivity contribution in [3.63, 3.8) is 0 Å². The minimum atomic E-state index is 0.137. The fraction of sp³-hybridized carbons (Fsp3) is 0.400. The Kier molecular flexibility index (Phi) is 2.83. The third kappa shape index (κ3) is 1.90. The highest BCUT2D eigenvalue weighted by molar-refractivity contribution is 5.53. The van der Waals surface area contributed by atoms with Gasteiger partial charge in [-0.15, -0.1) is 0 Å². The lowest BCUT2D eigenvalue weighted by Crippen LogP contribution is -2.23. The van der Waals surface area contributed by atoms with Crippen LogP contribution in [0.25, 0.3) is 0 Å². The Balaban J connectivity index is 2.23. The largest absolute Gasteiger partial charge is 0.0617 e. The van der Waals surface area contributed by atoms with Crippen LogP contribution >= 0.6 is 0 Å². The summed E-state index contributed by atoms with van der Waals surface area (Å²) in [4.78, 5) is 0. The summed E-state index contributed by atoms with van der Waals surface area (Å²) >= 11 is 0. The molecule has 3 rings (SSSR count). The van der Waals surface area contributed by atoms with Crippen molar-refractivity contribution in [1.29, 1.82) is 0 Å². The number of fused-ring (bicyclic) bond motifs is 1. The molecule has 0 heteroatoms. The maximum Gasteiger partial charge on any atom is 0.0186 e. The van der Waals surface area contributed by atoms with Gasteiger partial charge in [0.15, 0.2) is 0 Å². The Bertz CT molecular complexity index is 663. The molecule has 0 N–H and O–H groups in total. The van der Waals surface area contributed by atoms with E-state index in [0.717, 1.165) is 0 Å². The van der Waals surface area contributed by atoms with E-state index in [4.69, 9.17) is 0 Å². The average Bonchev–Trinajstić information content (AvgIpc) is 2.57. The molecule has 0 saturated heterocycles. The smallest absolute Gasteiger partial charge is 0.0186 e. The van der Waals surface area contributed by atoms with E-state index < -0.39 is 0 Å². The van der Waals surface area contributed by atoms with Gasteiger partial charge in [-0.1, -0.05) is 74.4 Å². The van der Waals surface area contributed by atoms with E-state index in [1.165, 1.54) is 34.2 Å². The molecule has 0 heterocycles. The first-order chi connectivity index (χ1) is 9.33. The second-order valence-electron chi connectivity index (χ2n) is 7.31. The fourth-order valence-corrected chi connectivity index (χ4v) is 4.02. The highest BCUT2D eigenvalue weighted by atomic mass is 14.5. The second-order valence-corrected chi connectivity index (χ2v) is 7.31. The summed E-state index contributed by atoms with van der Waals surface area (Å²) in [7, 11) is 0. The summed E-state index contributed by atoms with van der Waals surface area (Å²) in [6.07, 6.45) is 1.18. The molecule has 1 unspecified atom stereocenters. The number of benzene rings is 2. The van der Waals surface area contributed by atoms with Crippen LogP contribution in [0.3, 0.4) is 0 Å². The summed E-state index contributed by atoms with van der Waals surface area (Å²) in [5.74, 6) is 0. The van der Waals surface area contributed by atoms with Gasteiger partial charge in [-0.2, -0.15) is 0 Å². The molecule has 0 radical (unpaired) electrons. The SMILES string of the molecule is Cc1cccc(C2(C)CC(C)(C)c3cc(C)ccc32)c1. The molecule has 0 nitrogen and oxygen atoms in total. The van der Waals surface area contributed by atoms with Crippen LogP contribution in [0, 0.1) is 13.8 Å². The maximum absolute atomic E-state index is 2.41. The van der Waals surface area contributed by atoms with Crippen molar-refractivity contribution >= 4 is 0 Å². The van der Waals surface area contributed by atoms with Crippen LogP contribution in [0.5, 0.6) is 0 Å². The first-order valence-corrected chi connectivity index (χ1v) is 7.52. The highest BCUT2D eigenvalue weighted by Crippen LogP contribution is 2.52. The van der Waals surface area contributed by atoms with Crippen LogP contribution in [0.2, 0.25) is 0 Å². The number of hydrogen-bond acceptors (Lipinski definition) is 0. The van der Waals surface area contributed by atoms with Gasteiger partial charge in [0.25, 0.3) is 0 Å². The number of hydrogen-bond donors (Lipinski definition) is 0. The van der Waals surface area contributed by atoms with Gasteiger partial charge in [-0.25, -0.2) is 0 Å². The minimum absolute atomic E-state index is 0.137. The predicted molar refractivity (Wildman–Crippen MR) is 86.5 cm³/mol. The molecule has 2 aromatic rings. The molecule has 104 valence electrons. The summed E-state index contributed by atoms with van der Waals surface area (Å²) in [5, 5.41) is 0.